The molecule has 3 fully saturated rings. The highest BCUT2D eigenvalue weighted by Gasteiger charge is 2.43. The fraction of sp³-hybridized carbons (Fsp3) is 0.542. The first-order valence-corrected chi connectivity index (χ1v) is 11.5. The lowest BCUT2D eigenvalue weighted by Crippen LogP contribution is -2.57. The van der Waals surface area contributed by atoms with Gasteiger partial charge < -0.3 is 14.5 Å². The molecule has 7 nitrogen and oxygen atoms in total. The van der Waals surface area contributed by atoms with Gasteiger partial charge in [0, 0.05) is 70.5 Å². The largest absolute Gasteiger partial charge is 0.375 e. The van der Waals surface area contributed by atoms with E-state index in [1.165, 1.54) is 0 Å². The molecule has 0 aliphatic carbocycles. The van der Waals surface area contributed by atoms with Gasteiger partial charge >= 0.3 is 0 Å². The molecule has 0 unspecified atom stereocenters. The van der Waals surface area contributed by atoms with E-state index in [-0.39, 0.29) is 11.5 Å². The minimum Gasteiger partial charge on any atom is -0.375 e. The van der Waals surface area contributed by atoms with E-state index in [1.807, 2.05) is 29.3 Å². The molecule has 0 aromatic carbocycles. The van der Waals surface area contributed by atoms with Crippen molar-refractivity contribution < 1.29 is 9.53 Å². The van der Waals surface area contributed by atoms with E-state index in [0.29, 0.717) is 11.6 Å². The van der Waals surface area contributed by atoms with Crippen LogP contribution in [0.1, 0.15) is 36.0 Å². The van der Waals surface area contributed by atoms with Crippen molar-refractivity contribution in [3.05, 3.63) is 54.5 Å². The van der Waals surface area contributed by atoms with Gasteiger partial charge in [-0.2, -0.15) is 0 Å². The average molecular weight is 422 g/mol. The van der Waals surface area contributed by atoms with Crippen molar-refractivity contribution in [1.82, 2.24) is 19.8 Å². The number of hydrogen-bond acceptors (Lipinski definition) is 6. The first-order valence-electron chi connectivity index (χ1n) is 11.5. The number of ether oxygens (including phenoxy) is 1. The summed E-state index contributed by atoms with van der Waals surface area (Å²) in [7, 11) is 0. The van der Waals surface area contributed by atoms with Crippen molar-refractivity contribution in [2.24, 2.45) is 0 Å². The van der Waals surface area contributed by atoms with E-state index in [0.717, 1.165) is 77.4 Å². The number of rotatable bonds is 3. The zero-order valence-corrected chi connectivity index (χ0v) is 18.0. The van der Waals surface area contributed by atoms with Gasteiger partial charge in [0.1, 0.15) is 5.82 Å². The molecule has 7 heteroatoms. The molecule has 3 aliphatic rings. The summed E-state index contributed by atoms with van der Waals surface area (Å²) in [6, 6.07) is 10.4. The topological polar surface area (TPSA) is 61.8 Å². The Morgan fingerprint density at radius 3 is 2.55 bits per heavy atom. The number of pyridine rings is 2. The van der Waals surface area contributed by atoms with Crippen LogP contribution in [-0.4, -0.2) is 83.2 Å². The number of aromatic nitrogens is 2. The minimum absolute atomic E-state index is 0.0766. The molecule has 5 rings (SSSR count). The Morgan fingerprint density at radius 1 is 1.00 bits per heavy atom. The molecule has 2 aromatic heterocycles. The van der Waals surface area contributed by atoms with Crippen LogP contribution in [0, 0.1) is 0 Å². The molecule has 0 N–H and O–H groups in total. The van der Waals surface area contributed by atoms with Crippen LogP contribution < -0.4 is 4.90 Å². The number of likely N-dealkylation sites (tertiary alicyclic amines) is 1. The summed E-state index contributed by atoms with van der Waals surface area (Å²) in [5.74, 6) is 1.16. The van der Waals surface area contributed by atoms with Crippen molar-refractivity contribution in [2.75, 3.05) is 50.8 Å². The lowest BCUT2D eigenvalue weighted by atomic mass is 9.81. The molecule has 0 radical (unpaired) electrons. The molecule has 164 valence electrons. The summed E-state index contributed by atoms with van der Waals surface area (Å²) >= 11 is 0. The van der Waals surface area contributed by atoms with Gasteiger partial charge in [0.05, 0.1) is 11.2 Å². The first-order chi connectivity index (χ1) is 15.2. The number of carbonyl (C=O) groups excluding carboxylic acids is 1. The Morgan fingerprint density at radius 2 is 1.84 bits per heavy atom. The van der Waals surface area contributed by atoms with Crippen LogP contribution in [0.25, 0.3) is 0 Å². The van der Waals surface area contributed by atoms with Crippen LogP contribution in [0.5, 0.6) is 0 Å². The van der Waals surface area contributed by atoms with E-state index >= 15 is 0 Å². The van der Waals surface area contributed by atoms with Crippen LogP contribution in [0.4, 0.5) is 5.82 Å². The van der Waals surface area contributed by atoms with Crippen molar-refractivity contribution in [3.8, 4) is 0 Å². The number of piperazine rings is 1. The van der Waals surface area contributed by atoms with E-state index in [2.05, 4.69) is 31.9 Å². The highest BCUT2D eigenvalue weighted by Crippen LogP contribution is 2.37. The number of amides is 1. The third-order valence-corrected chi connectivity index (χ3v) is 7.14. The Labute approximate surface area is 184 Å². The molecule has 31 heavy (non-hydrogen) atoms. The maximum absolute atomic E-state index is 12.8. The number of carbonyl (C=O) groups is 1. The van der Waals surface area contributed by atoms with Crippen molar-refractivity contribution in [2.45, 2.75) is 37.3 Å². The Balaban J connectivity index is 1.15. The van der Waals surface area contributed by atoms with Crippen molar-refractivity contribution in [3.63, 3.8) is 0 Å². The van der Waals surface area contributed by atoms with Gasteiger partial charge in [0.15, 0.2) is 0 Å². The van der Waals surface area contributed by atoms with Gasteiger partial charge in [-0.3, -0.25) is 14.7 Å². The lowest BCUT2D eigenvalue weighted by molar-refractivity contribution is -0.130. The van der Waals surface area contributed by atoms with Gasteiger partial charge in [0.2, 0.25) is 0 Å². The van der Waals surface area contributed by atoms with E-state index in [1.54, 1.807) is 12.4 Å². The first kappa shape index (κ1) is 20.4. The molecule has 0 saturated carbocycles. The molecule has 5 heterocycles. The second-order valence-electron chi connectivity index (χ2n) is 8.92. The quantitative estimate of drug-likeness (QED) is 0.759. The molecule has 3 saturated heterocycles. The summed E-state index contributed by atoms with van der Waals surface area (Å²) in [4.78, 5) is 28.3. The lowest BCUT2D eigenvalue weighted by Gasteiger charge is -2.49. The number of piperidine rings is 1. The highest BCUT2D eigenvalue weighted by atomic mass is 16.5. The molecule has 2 aromatic rings. The SMILES string of the molecule is O=C(c1cccnc1)N1CCC2(CC1)C[C@H](N1CCN(c3ccccn3)CC1)CCO2. The van der Waals surface area contributed by atoms with Crippen molar-refractivity contribution >= 4 is 11.7 Å². The number of hydrogen-bond donors (Lipinski definition) is 0. The molecule has 1 spiro atoms. The minimum atomic E-state index is -0.0766. The maximum atomic E-state index is 12.8. The molecule has 3 aliphatic heterocycles. The zero-order valence-electron chi connectivity index (χ0n) is 18.0. The van der Waals surface area contributed by atoms with Crippen LogP contribution in [0.3, 0.4) is 0 Å². The smallest absolute Gasteiger partial charge is 0.255 e. The monoisotopic (exact) mass is 421 g/mol. The van der Waals surface area contributed by atoms with Gasteiger partial charge in [-0.05, 0) is 49.9 Å². The van der Waals surface area contributed by atoms with Gasteiger partial charge in [0.25, 0.3) is 5.91 Å². The zero-order chi connectivity index (χ0) is 21.1. The van der Waals surface area contributed by atoms with Crippen molar-refractivity contribution in [1.29, 1.82) is 0 Å². The van der Waals surface area contributed by atoms with Crippen LogP contribution in [0.2, 0.25) is 0 Å². The fourth-order valence-electron chi connectivity index (χ4n) is 5.31. The highest BCUT2D eigenvalue weighted by molar-refractivity contribution is 5.93. The van der Waals surface area contributed by atoms with Gasteiger partial charge in [-0.25, -0.2) is 4.98 Å². The normalized spacial score (nSPS) is 24.3. The predicted octanol–water partition coefficient (Wildman–Crippen LogP) is 2.45. The number of nitrogens with zero attached hydrogens (tertiary/aromatic N) is 5. The third kappa shape index (κ3) is 4.43. The Hall–Kier alpha value is -2.51. The Bertz CT molecular complexity index is 862. The third-order valence-electron chi connectivity index (χ3n) is 7.14. The second-order valence-corrected chi connectivity index (χ2v) is 8.92. The Kier molecular flexibility index (Phi) is 5.87. The van der Waals surface area contributed by atoms with Gasteiger partial charge in [-0.1, -0.05) is 6.07 Å². The molecule has 0 bridgehead atoms. The van der Waals surface area contributed by atoms with Crippen LogP contribution >= 0.6 is 0 Å². The number of anilines is 1. The summed E-state index contributed by atoms with van der Waals surface area (Å²) in [5.41, 5.74) is 0.596. The van der Waals surface area contributed by atoms with E-state index in [4.69, 9.17) is 4.74 Å². The summed E-state index contributed by atoms with van der Waals surface area (Å²) < 4.78 is 6.35. The maximum Gasteiger partial charge on any atom is 0.255 e. The molecular weight excluding hydrogens is 390 g/mol. The standard InChI is InChI=1S/C24H31N5O2/c30-23(20-4-3-9-25-19-20)29-11-7-24(8-12-29)18-21(6-17-31-24)27-13-15-28(16-14-27)22-5-1-2-10-26-22/h1-5,9-10,19,21H,6-8,11-18H2/t21-/m1/s1. The molecule has 1 atom stereocenters. The second kappa shape index (κ2) is 8.93. The van der Waals surface area contributed by atoms with E-state index in [9.17, 15) is 4.79 Å². The summed E-state index contributed by atoms with van der Waals surface area (Å²) in [6.45, 7) is 6.53. The van der Waals surface area contributed by atoms with E-state index < -0.39 is 0 Å². The summed E-state index contributed by atoms with van der Waals surface area (Å²) in [6.07, 6.45) is 9.25. The van der Waals surface area contributed by atoms with Crippen LogP contribution in [0.15, 0.2) is 48.9 Å². The molecular formula is C24H31N5O2. The predicted molar refractivity (Wildman–Crippen MR) is 119 cm³/mol. The molecule has 1 amide bonds. The summed E-state index contributed by atoms with van der Waals surface area (Å²) in [5, 5.41) is 0. The fourth-order valence-corrected chi connectivity index (χ4v) is 5.31. The average Bonchev–Trinajstić information content (AvgIpc) is 2.85. The van der Waals surface area contributed by atoms with Crippen LogP contribution in [-0.2, 0) is 4.74 Å². The van der Waals surface area contributed by atoms with Gasteiger partial charge in [-0.15, -0.1) is 0 Å².